The molecule has 0 aliphatic heterocycles. The molecule has 1 heterocycles. The van der Waals surface area contributed by atoms with Crippen molar-refractivity contribution in [3.63, 3.8) is 0 Å². The smallest absolute Gasteiger partial charge is 0.341 e. The molecular formula is C20H23BrN2O6S. The summed E-state index contributed by atoms with van der Waals surface area (Å²) in [5, 5.41) is 5.54. The summed E-state index contributed by atoms with van der Waals surface area (Å²) in [5.74, 6) is -0.278. The van der Waals surface area contributed by atoms with Gasteiger partial charge in [0, 0.05) is 11.5 Å². The van der Waals surface area contributed by atoms with Gasteiger partial charge in [-0.3, -0.25) is 9.59 Å². The van der Waals surface area contributed by atoms with E-state index in [1.54, 1.807) is 26.0 Å². The minimum absolute atomic E-state index is 0.00938. The summed E-state index contributed by atoms with van der Waals surface area (Å²) < 4.78 is 16.3. The molecule has 1 aromatic carbocycles. The summed E-state index contributed by atoms with van der Waals surface area (Å²) in [6, 6.07) is 3.41. The molecule has 0 spiro atoms. The topological polar surface area (TPSA) is 103 Å². The Balaban J connectivity index is 2.34. The highest BCUT2D eigenvalue weighted by Crippen LogP contribution is 2.35. The van der Waals surface area contributed by atoms with Crippen molar-refractivity contribution in [1.29, 1.82) is 0 Å². The Kier molecular flexibility index (Phi) is 8.24. The van der Waals surface area contributed by atoms with E-state index in [0.717, 1.165) is 11.3 Å². The molecule has 30 heavy (non-hydrogen) atoms. The number of methoxy groups -OCH3 is 2. The Morgan fingerprint density at radius 3 is 2.33 bits per heavy atom. The summed E-state index contributed by atoms with van der Waals surface area (Å²) in [6.45, 7) is 3.51. The lowest BCUT2D eigenvalue weighted by atomic mass is 10.1. The first-order chi connectivity index (χ1) is 14.3. The molecule has 2 aromatic rings. The number of carbonyl (C=O) groups is 3. The third-order valence-electron chi connectivity index (χ3n) is 4.22. The van der Waals surface area contributed by atoms with E-state index in [1.165, 1.54) is 21.3 Å². The molecule has 0 aliphatic rings. The largest absolute Gasteiger partial charge is 0.493 e. The number of amides is 2. The monoisotopic (exact) mass is 498 g/mol. The minimum Gasteiger partial charge on any atom is -0.493 e. The van der Waals surface area contributed by atoms with Crippen LogP contribution in [0.3, 0.4) is 0 Å². The Hall–Kier alpha value is -2.59. The molecule has 1 aromatic heterocycles. The number of nitrogens with one attached hydrogen (secondary N) is 2. The molecule has 8 nitrogen and oxygen atoms in total. The molecule has 2 rings (SSSR count). The second kappa shape index (κ2) is 10.4. The normalized spacial score (nSPS) is 10.3. The maximum absolute atomic E-state index is 12.7. The first-order valence-corrected chi connectivity index (χ1v) is 10.6. The highest BCUT2D eigenvalue weighted by Gasteiger charge is 2.26. The number of carbonyl (C=O) groups excluding carboxylic acids is 3. The zero-order chi connectivity index (χ0) is 22.4. The van der Waals surface area contributed by atoms with Gasteiger partial charge >= 0.3 is 5.97 Å². The van der Waals surface area contributed by atoms with Gasteiger partial charge in [0.15, 0.2) is 11.5 Å². The second-order valence-corrected chi connectivity index (χ2v) is 7.96. The van der Waals surface area contributed by atoms with Crippen LogP contribution in [-0.2, 0) is 16.0 Å². The quantitative estimate of drug-likeness (QED) is 0.539. The Morgan fingerprint density at radius 2 is 1.77 bits per heavy atom. The molecule has 0 saturated carbocycles. The summed E-state index contributed by atoms with van der Waals surface area (Å²) in [5.41, 5.74) is 1.31. The summed E-state index contributed by atoms with van der Waals surface area (Å²) in [7, 11) is 4.53. The number of rotatable bonds is 8. The Labute approximate surface area is 187 Å². The minimum atomic E-state index is -0.594. The molecule has 2 N–H and O–H groups in total. The van der Waals surface area contributed by atoms with E-state index in [-0.39, 0.29) is 35.4 Å². The molecule has 0 saturated heterocycles. The summed E-state index contributed by atoms with van der Waals surface area (Å²) in [6.07, 6.45) is 0.00938. The molecule has 0 bridgehead atoms. The predicted molar refractivity (Wildman–Crippen MR) is 118 cm³/mol. The van der Waals surface area contributed by atoms with Gasteiger partial charge in [-0.2, -0.15) is 0 Å². The van der Waals surface area contributed by atoms with Gasteiger partial charge in [0.1, 0.15) is 5.00 Å². The van der Waals surface area contributed by atoms with Crippen molar-refractivity contribution >= 4 is 50.1 Å². The van der Waals surface area contributed by atoms with Gasteiger partial charge in [-0.05, 0) is 37.1 Å². The van der Waals surface area contributed by atoms with E-state index in [2.05, 4.69) is 26.6 Å². The van der Waals surface area contributed by atoms with Crippen LogP contribution in [-0.4, -0.2) is 45.7 Å². The van der Waals surface area contributed by atoms with Gasteiger partial charge in [-0.15, -0.1) is 11.3 Å². The molecule has 0 fully saturated rings. The molecule has 0 unspecified atom stereocenters. The fourth-order valence-corrected chi connectivity index (χ4v) is 4.38. The van der Waals surface area contributed by atoms with Crippen molar-refractivity contribution in [2.45, 2.75) is 20.3 Å². The van der Waals surface area contributed by atoms with E-state index >= 15 is 0 Å². The average molecular weight is 499 g/mol. The Bertz CT molecular complexity index is 973. The van der Waals surface area contributed by atoms with Crippen LogP contribution in [0, 0.1) is 6.92 Å². The van der Waals surface area contributed by atoms with E-state index < -0.39 is 5.97 Å². The molecule has 0 aliphatic carbocycles. The summed E-state index contributed by atoms with van der Waals surface area (Å²) in [4.78, 5) is 37.6. The van der Waals surface area contributed by atoms with Crippen molar-refractivity contribution in [1.82, 2.24) is 5.32 Å². The number of benzene rings is 1. The zero-order valence-corrected chi connectivity index (χ0v) is 19.7. The van der Waals surface area contributed by atoms with Crippen molar-refractivity contribution in [2.75, 3.05) is 33.2 Å². The first kappa shape index (κ1) is 23.7. The van der Waals surface area contributed by atoms with Crippen LogP contribution in [0.15, 0.2) is 16.6 Å². The molecule has 10 heteroatoms. The molecular weight excluding hydrogens is 476 g/mol. The third-order valence-corrected chi connectivity index (χ3v) is 6.16. The number of ether oxygens (including phenoxy) is 3. The zero-order valence-electron chi connectivity index (χ0n) is 17.3. The van der Waals surface area contributed by atoms with Crippen molar-refractivity contribution in [2.24, 2.45) is 0 Å². The lowest BCUT2D eigenvalue weighted by Gasteiger charge is -2.12. The number of halogens is 1. The van der Waals surface area contributed by atoms with E-state index in [1.807, 2.05) is 0 Å². The Morgan fingerprint density at radius 1 is 1.13 bits per heavy atom. The van der Waals surface area contributed by atoms with Crippen LogP contribution in [0.1, 0.15) is 38.1 Å². The number of hydrogen-bond donors (Lipinski definition) is 2. The van der Waals surface area contributed by atoms with Gasteiger partial charge < -0.3 is 24.8 Å². The van der Waals surface area contributed by atoms with Crippen LogP contribution in [0.5, 0.6) is 11.5 Å². The van der Waals surface area contributed by atoms with Gasteiger partial charge in [-0.1, -0.05) is 15.9 Å². The van der Waals surface area contributed by atoms with Gasteiger partial charge in [0.2, 0.25) is 5.91 Å². The maximum atomic E-state index is 12.7. The van der Waals surface area contributed by atoms with Crippen LogP contribution in [0.4, 0.5) is 5.00 Å². The van der Waals surface area contributed by atoms with Crippen LogP contribution in [0.2, 0.25) is 0 Å². The van der Waals surface area contributed by atoms with E-state index in [9.17, 15) is 14.4 Å². The number of hydrogen-bond acceptors (Lipinski definition) is 7. The predicted octanol–water partition coefficient (Wildman–Crippen LogP) is 3.55. The fourth-order valence-electron chi connectivity index (χ4n) is 2.76. The number of esters is 1. The second-order valence-electron chi connectivity index (χ2n) is 6.08. The maximum Gasteiger partial charge on any atom is 0.341 e. The van der Waals surface area contributed by atoms with Crippen molar-refractivity contribution in [3.8, 4) is 11.5 Å². The lowest BCUT2D eigenvalue weighted by molar-refractivity contribution is -0.115. The standard InChI is InChI=1S/C20H23BrN2O6S/c1-6-29-20(26)16-10(2)17(18(25)22-3)30-19(16)23-15(24)8-11-7-13(27-4)14(28-5)9-12(11)21/h7,9H,6,8H2,1-5H3,(H,22,25)(H,23,24). The first-order valence-electron chi connectivity index (χ1n) is 9.00. The number of thiophene rings is 1. The van der Waals surface area contributed by atoms with Gasteiger partial charge in [-0.25, -0.2) is 4.79 Å². The van der Waals surface area contributed by atoms with Gasteiger partial charge in [0.05, 0.1) is 37.7 Å². The van der Waals surface area contributed by atoms with Crippen LogP contribution < -0.4 is 20.1 Å². The van der Waals surface area contributed by atoms with Crippen molar-refractivity contribution < 1.29 is 28.6 Å². The molecule has 0 atom stereocenters. The SMILES string of the molecule is CCOC(=O)c1c(NC(=O)Cc2cc(OC)c(OC)cc2Br)sc(C(=O)NC)c1C. The average Bonchev–Trinajstić information content (AvgIpc) is 3.04. The molecule has 0 radical (unpaired) electrons. The highest BCUT2D eigenvalue weighted by molar-refractivity contribution is 9.10. The highest BCUT2D eigenvalue weighted by atomic mass is 79.9. The lowest BCUT2D eigenvalue weighted by Crippen LogP contribution is -2.18. The van der Waals surface area contributed by atoms with E-state index in [4.69, 9.17) is 14.2 Å². The van der Waals surface area contributed by atoms with Crippen molar-refractivity contribution in [3.05, 3.63) is 38.2 Å². The van der Waals surface area contributed by atoms with Gasteiger partial charge in [0.25, 0.3) is 5.91 Å². The molecule has 162 valence electrons. The molecule has 2 amide bonds. The number of anilines is 1. The summed E-state index contributed by atoms with van der Waals surface area (Å²) >= 11 is 4.46. The van der Waals surface area contributed by atoms with E-state index in [0.29, 0.717) is 32.0 Å². The van der Waals surface area contributed by atoms with Crippen LogP contribution >= 0.6 is 27.3 Å². The van der Waals surface area contributed by atoms with Crippen LogP contribution in [0.25, 0.3) is 0 Å². The fraction of sp³-hybridized carbons (Fsp3) is 0.350. The third kappa shape index (κ3) is 5.11.